The average molecular weight is 219 g/mol. The van der Waals surface area contributed by atoms with Gasteiger partial charge in [-0.2, -0.15) is 0 Å². The molecule has 5 heteroatoms. The topological polar surface area (TPSA) is 46.2 Å². The summed E-state index contributed by atoms with van der Waals surface area (Å²) in [7, 11) is 0. The van der Waals surface area contributed by atoms with Crippen LogP contribution in [0.3, 0.4) is 0 Å². The molecule has 1 aromatic rings. The normalized spacial score (nSPS) is 15.4. The second-order valence-electron chi connectivity index (χ2n) is 3.39. The van der Waals surface area contributed by atoms with E-state index in [1.165, 1.54) is 6.92 Å². The monoisotopic (exact) mass is 219 g/mol. The molecule has 0 aliphatic rings. The number of rotatable bonds is 3. The third-order valence-corrected chi connectivity index (χ3v) is 2.09. The van der Waals surface area contributed by atoms with Crippen LogP contribution in [0.2, 0.25) is 0 Å². The molecule has 2 unspecified atom stereocenters. The molecular formula is C10H12F3NO. The molecule has 0 bridgehead atoms. The van der Waals surface area contributed by atoms with Gasteiger partial charge in [-0.1, -0.05) is 6.07 Å². The Kier molecular flexibility index (Phi) is 3.71. The SMILES string of the molecule is CC(N)C(O)c1cc(C(F)F)ccc1F. The first kappa shape index (κ1) is 12.0. The lowest BCUT2D eigenvalue weighted by Crippen LogP contribution is -2.25. The number of nitrogens with two attached hydrogens (primary N) is 1. The van der Waals surface area contributed by atoms with Gasteiger partial charge in [0, 0.05) is 17.2 Å². The number of benzene rings is 1. The third kappa shape index (κ3) is 2.70. The highest BCUT2D eigenvalue weighted by atomic mass is 19.3. The fourth-order valence-electron chi connectivity index (χ4n) is 1.21. The van der Waals surface area contributed by atoms with E-state index in [4.69, 9.17) is 5.73 Å². The molecule has 0 aliphatic heterocycles. The maximum atomic E-state index is 13.2. The van der Waals surface area contributed by atoms with E-state index in [0.717, 1.165) is 18.2 Å². The number of aliphatic hydroxyl groups excluding tert-OH is 1. The van der Waals surface area contributed by atoms with Gasteiger partial charge < -0.3 is 10.8 Å². The highest BCUT2D eigenvalue weighted by Crippen LogP contribution is 2.25. The van der Waals surface area contributed by atoms with E-state index in [1.807, 2.05) is 0 Å². The molecule has 0 spiro atoms. The summed E-state index contributed by atoms with van der Waals surface area (Å²) < 4.78 is 37.8. The fraction of sp³-hybridized carbons (Fsp3) is 0.400. The lowest BCUT2D eigenvalue weighted by Gasteiger charge is -2.16. The Morgan fingerprint density at radius 3 is 2.40 bits per heavy atom. The molecule has 0 aromatic heterocycles. The quantitative estimate of drug-likeness (QED) is 0.818. The second-order valence-corrected chi connectivity index (χ2v) is 3.39. The Bertz CT molecular complexity index is 341. The van der Waals surface area contributed by atoms with Crippen molar-refractivity contribution in [1.29, 1.82) is 0 Å². The van der Waals surface area contributed by atoms with Crippen LogP contribution in [-0.4, -0.2) is 11.1 Å². The molecule has 15 heavy (non-hydrogen) atoms. The number of hydrogen-bond acceptors (Lipinski definition) is 2. The Balaban J connectivity index is 3.10. The van der Waals surface area contributed by atoms with Crippen LogP contribution < -0.4 is 5.73 Å². The van der Waals surface area contributed by atoms with Gasteiger partial charge in [-0.25, -0.2) is 13.2 Å². The Morgan fingerprint density at radius 2 is 1.93 bits per heavy atom. The smallest absolute Gasteiger partial charge is 0.263 e. The molecule has 2 atom stereocenters. The van der Waals surface area contributed by atoms with E-state index in [0.29, 0.717) is 0 Å². The van der Waals surface area contributed by atoms with Gasteiger partial charge in [0.15, 0.2) is 0 Å². The van der Waals surface area contributed by atoms with Crippen molar-refractivity contribution in [2.45, 2.75) is 25.5 Å². The lowest BCUT2D eigenvalue weighted by atomic mass is 10.0. The fourth-order valence-corrected chi connectivity index (χ4v) is 1.21. The van der Waals surface area contributed by atoms with Crippen LogP contribution in [0, 0.1) is 5.82 Å². The molecule has 1 aromatic carbocycles. The van der Waals surface area contributed by atoms with Crippen LogP contribution in [0.4, 0.5) is 13.2 Å². The minimum Gasteiger partial charge on any atom is -0.387 e. The highest BCUT2D eigenvalue weighted by molar-refractivity contribution is 5.28. The first-order valence-electron chi connectivity index (χ1n) is 4.44. The summed E-state index contributed by atoms with van der Waals surface area (Å²) in [5, 5.41) is 9.47. The molecule has 0 heterocycles. The second kappa shape index (κ2) is 4.63. The van der Waals surface area contributed by atoms with Crippen molar-refractivity contribution < 1.29 is 18.3 Å². The Morgan fingerprint density at radius 1 is 1.33 bits per heavy atom. The molecule has 2 nitrogen and oxygen atoms in total. The van der Waals surface area contributed by atoms with E-state index >= 15 is 0 Å². The molecular weight excluding hydrogens is 207 g/mol. The van der Waals surface area contributed by atoms with E-state index in [9.17, 15) is 18.3 Å². The molecule has 0 fully saturated rings. The van der Waals surface area contributed by atoms with Crippen LogP contribution in [0.5, 0.6) is 0 Å². The molecule has 3 N–H and O–H groups in total. The zero-order chi connectivity index (χ0) is 11.6. The minimum absolute atomic E-state index is 0.192. The molecule has 0 saturated carbocycles. The summed E-state index contributed by atoms with van der Waals surface area (Å²) in [5.41, 5.74) is 4.84. The zero-order valence-corrected chi connectivity index (χ0v) is 8.12. The van der Waals surface area contributed by atoms with Crippen molar-refractivity contribution in [1.82, 2.24) is 0 Å². The van der Waals surface area contributed by atoms with Crippen molar-refractivity contribution in [3.8, 4) is 0 Å². The van der Waals surface area contributed by atoms with Crippen molar-refractivity contribution in [2.75, 3.05) is 0 Å². The largest absolute Gasteiger partial charge is 0.387 e. The molecule has 0 saturated heterocycles. The zero-order valence-electron chi connectivity index (χ0n) is 8.12. The molecule has 0 radical (unpaired) electrons. The van der Waals surface area contributed by atoms with Crippen LogP contribution in [-0.2, 0) is 0 Å². The first-order valence-corrected chi connectivity index (χ1v) is 4.44. The van der Waals surface area contributed by atoms with Gasteiger partial charge in [0.1, 0.15) is 5.82 Å². The van der Waals surface area contributed by atoms with Crippen LogP contribution >= 0.6 is 0 Å². The van der Waals surface area contributed by atoms with Gasteiger partial charge in [-0.05, 0) is 19.1 Å². The van der Waals surface area contributed by atoms with E-state index in [1.54, 1.807) is 0 Å². The number of alkyl halides is 2. The van der Waals surface area contributed by atoms with Crippen molar-refractivity contribution >= 4 is 0 Å². The molecule has 0 amide bonds. The number of halogens is 3. The minimum atomic E-state index is -2.69. The lowest BCUT2D eigenvalue weighted by molar-refractivity contribution is 0.142. The maximum Gasteiger partial charge on any atom is 0.263 e. The first-order chi connectivity index (χ1) is 6.93. The summed E-state index contributed by atoms with van der Waals surface area (Å²) >= 11 is 0. The third-order valence-electron chi connectivity index (χ3n) is 2.09. The van der Waals surface area contributed by atoms with Crippen LogP contribution in [0.1, 0.15) is 30.6 Å². The van der Waals surface area contributed by atoms with Crippen molar-refractivity contribution in [3.63, 3.8) is 0 Å². The van der Waals surface area contributed by atoms with Crippen molar-refractivity contribution in [2.24, 2.45) is 5.73 Å². The summed E-state index contributed by atoms with van der Waals surface area (Å²) in [6, 6.07) is 2.11. The van der Waals surface area contributed by atoms with Crippen LogP contribution in [0.15, 0.2) is 18.2 Å². The average Bonchev–Trinajstić information content (AvgIpc) is 2.16. The van der Waals surface area contributed by atoms with Gasteiger partial charge in [-0.3, -0.25) is 0 Å². The van der Waals surface area contributed by atoms with Gasteiger partial charge >= 0.3 is 0 Å². The predicted octanol–water partition coefficient (Wildman–Crippen LogP) is 2.14. The van der Waals surface area contributed by atoms with Gasteiger partial charge in [0.2, 0.25) is 0 Å². The Hall–Kier alpha value is -1.07. The van der Waals surface area contributed by atoms with Crippen LogP contribution in [0.25, 0.3) is 0 Å². The maximum absolute atomic E-state index is 13.2. The number of hydrogen-bond donors (Lipinski definition) is 2. The van der Waals surface area contributed by atoms with E-state index < -0.39 is 24.4 Å². The standard InChI is InChI=1S/C10H12F3NO/c1-5(14)9(15)7-4-6(10(12)13)2-3-8(7)11/h2-5,9-10,15H,14H2,1H3. The molecule has 1 rings (SSSR count). The van der Waals surface area contributed by atoms with Gasteiger partial charge in [0.25, 0.3) is 6.43 Å². The molecule has 84 valence electrons. The summed E-state index contributed by atoms with van der Waals surface area (Å²) in [5.74, 6) is -0.732. The Labute approximate surface area is 85.5 Å². The van der Waals surface area contributed by atoms with E-state index in [-0.39, 0.29) is 11.1 Å². The highest BCUT2D eigenvalue weighted by Gasteiger charge is 2.19. The molecule has 0 aliphatic carbocycles. The van der Waals surface area contributed by atoms with Gasteiger partial charge in [0.05, 0.1) is 6.10 Å². The summed E-state index contributed by atoms with van der Waals surface area (Å²) in [6.45, 7) is 1.47. The summed E-state index contributed by atoms with van der Waals surface area (Å²) in [6.07, 6.45) is -3.96. The van der Waals surface area contributed by atoms with Crippen molar-refractivity contribution in [3.05, 3.63) is 35.1 Å². The summed E-state index contributed by atoms with van der Waals surface area (Å²) in [4.78, 5) is 0. The van der Waals surface area contributed by atoms with Gasteiger partial charge in [-0.15, -0.1) is 0 Å². The predicted molar refractivity (Wildman–Crippen MR) is 50.0 cm³/mol. The van der Waals surface area contributed by atoms with E-state index in [2.05, 4.69) is 0 Å². The number of aliphatic hydroxyl groups is 1.